The van der Waals surface area contributed by atoms with Crippen molar-refractivity contribution in [2.75, 3.05) is 0 Å². The molecule has 1 fully saturated rings. The van der Waals surface area contributed by atoms with Crippen molar-refractivity contribution in [2.24, 2.45) is 5.16 Å². The van der Waals surface area contributed by atoms with E-state index in [0.29, 0.717) is 29.7 Å². The Kier molecular flexibility index (Phi) is 4.36. The number of piperidine rings is 1. The van der Waals surface area contributed by atoms with Gasteiger partial charge in [-0.1, -0.05) is 29.4 Å². The Morgan fingerprint density at radius 1 is 0.826 bits per heavy atom. The fourth-order valence-corrected chi connectivity index (χ4v) is 2.93. The highest BCUT2D eigenvalue weighted by Gasteiger charge is 2.35. The average Bonchev–Trinajstić information content (AvgIpc) is 2.57. The van der Waals surface area contributed by atoms with E-state index >= 15 is 0 Å². The van der Waals surface area contributed by atoms with Crippen LogP contribution in [-0.2, 0) is 0 Å². The molecule has 6 heteroatoms. The molecule has 0 saturated carbocycles. The fourth-order valence-electron chi connectivity index (χ4n) is 2.93. The van der Waals surface area contributed by atoms with E-state index in [0.717, 1.165) is 5.06 Å². The smallest absolute Gasteiger partial charge is 0.123 e. The summed E-state index contributed by atoms with van der Waals surface area (Å²) in [6, 6.07) is 10.7. The number of rotatable bonds is 2. The molecular formula is C17H16F2N2O2. The Hall–Kier alpha value is -2.31. The zero-order valence-electron chi connectivity index (χ0n) is 12.2. The first-order valence-corrected chi connectivity index (χ1v) is 7.26. The van der Waals surface area contributed by atoms with Crippen LogP contribution in [0.15, 0.2) is 53.7 Å². The van der Waals surface area contributed by atoms with Gasteiger partial charge in [-0.3, -0.25) is 0 Å². The minimum Gasteiger partial charge on any atom is -0.411 e. The highest BCUT2D eigenvalue weighted by molar-refractivity contribution is 5.86. The third-order valence-corrected chi connectivity index (χ3v) is 4.15. The molecule has 1 heterocycles. The predicted octanol–water partition coefficient (Wildman–Crippen LogP) is 4.06. The minimum absolute atomic E-state index is 0.330. The number of hydrogen-bond donors (Lipinski definition) is 2. The summed E-state index contributed by atoms with van der Waals surface area (Å²) in [6.07, 6.45) is 0.659. The van der Waals surface area contributed by atoms with E-state index in [1.807, 2.05) is 0 Å². The van der Waals surface area contributed by atoms with Crippen LogP contribution in [0.5, 0.6) is 0 Å². The normalized spacial score (nSPS) is 24.0. The number of halogens is 2. The first-order valence-electron chi connectivity index (χ1n) is 7.26. The Balaban J connectivity index is 1.94. The molecule has 1 aliphatic heterocycles. The van der Waals surface area contributed by atoms with Crippen LogP contribution in [0, 0.1) is 11.6 Å². The molecule has 0 aliphatic carbocycles. The maximum absolute atomic E-state index is 13.1. The molecule has 2 aromatic rings. The van der Waals surface area contributed by atoms with E-state index in [-0.39, 0.29) is 11.6 Å². The van der Waals surface area contributed by atoms with Gasteiger partial charge in [0, 0.05) is 12.8 Å². The summed E-state index contributed by atoms with van der Waals surface area (Å²) in [4.78, 5) is 0. The molecular weight excluding hydrogens is 302 g/mol. The van der Waals surface area contributed by atoms with Crippen molar-refractivity contribution in [1.82, 2.24) is 5.06 Å². The lowest BCUT2D eigenvalue weighted by molar-refractivity contribution is -0.167. The summed E-state index contributed by atoms with van der Waals surface area (Å²) in [7, 11) is 0. The topological polar surface area (TPSA) is 56.1 Å². The molecule has 0 unspecified atom stereocenters. The van der Waals surface area contributed by atoms with E-state index in [4.69, 9.17) is 5.21 Å². The van der Waals surface area contributed by atoms with Crippen LogP contribution in [0.1, 0.15) is 36.1 Å². The molecule has 0 bridgehead atoms. The van der Waals surface area contributed by atoms with Crippen LogP contribution >= 0.6 is 0 Å². The zero-order chi connectivity index (χ0) is 16.4. The van der Waals surface area contributed by atoms with E-state index in [1.54, 1.807) is 24.3 Å². The van der Waals surface area contributed by atoms with Crippen molar-refractivity contribution in [3.05, 3.63) is 71.3 Å². The largest absolute Gasteiger partial charge is 0.411 e. The van der Waals surface area contributed by atoms with E-state index in [9.17, 15) is 14.0 Å². The molecule has 0 amide bonds. The lowest BCUT2D eigenvalue weighted by Crippen LogP contribution is -2.37. The SMILES string of the molecule is ON=C1C[C@H](c2ccc(F)cc2)N(O)[C@H](c2ccc(F)cc2)C1. The first kappa shape index (κ1) is 15.6. The summed E-state index contributed by atoms with van der Waals surface area (Å²) in [5, 5.41) is 24.2. The maximum Gasteiger partial charge on any atom is 0.123 e. The minimum atomic E-state index is -0.467. The monoisotopic (exact) mass is 318 g/mol. The van der Waals surface area contributed by atoms with Crippen LogP contribution in [0.3, 0.4) is 0 Å². The first-order chi connectivity index (χ1) is 11.1. The highest BCUT2D eigenvalue weighted by atomic mass is 19.1. The Bertz CT molecular complexity index is 644. The molecule has 120 valence electrons. The Labute approximate surface area is 132 Å². The molecule has 0 spiro atoms. The average molecular weight is 318 g/mol. The second-order valence-electron chi connectivity index (χ2n) is 5.59. The molecule has 2 atom stereocenters. The molecule has 2 aromatic carbocycles. The molecule has 3 rings (SSSR count). The quantitative estimate of drug-likeness (QED) is 0.648. The second kappa shape index (κ2) is 6.44. The lowest BCUT2D eigenvalue weighted by atomic mass is 9.88. The van der Waals surface area contributed by atoms with Gasteiger partial charge >= 0.3 is 0 Å². The van der Waals surface area contributed by atoms with Gasteiger partial charge in [0.2, 0.25) is 0 Å². The maximum atomic E-state index is 13.1. The van der Waals surface area contributed by atoms with E-state index in [2.05, 4.69) is 5.16 Å². The van der Waals surface area contributed by atoms with Crippen molar-refractivity contribution < 1.29 is 19.2 Å². The third-order valence-electron chi connectivity index (χ3n) is 4.15. The molecule has 0 radical (unpaired) electrons. The van der Waals surface area contributed by atoms with Gasteiger partial charge in [0.25, 0.3) is 0 Å². The summed E-state index contributed by atoms with van der Waals surface area (Å²) in [6.45, 7) is 0. The third kappa shape index (κ3) is 3.23. The summed E-state index contributed by atoms with van der Waals surface area (Å²) in [5.74, 6) is -0.722. The summed E-state index contributed by atoms with van der Waals surface area (Å²) >= 11 is 0. The Morgan fingerprint density at radius 3 is 1.57 bits per heavy atom. The predicted molar refractivity (Wildman–Crippen MR) is 80.4 cm³/mol. The van der Waals surface area contributed by atoms with Crippen LogP contribution in [0.4, 0.5) is 8.78 Å². The van der Waals surface area contributed by atoms with Crippen LogP contribution < -0.4 is 0 Å². The van der Waals surface area contributed by atoms with Gasteiger partial charge in [-0.25, -0.2) is 8.78 Å². The van der Waals surface area contributed by atoms with Gasteiger partial charge < -0.3 is 10.4 Å². The lowest BCUT2D eigenvalue weighted by Gasteiger charge is -2.38. The number of nitrogens with zero attached hydrogens (tertiary/aromatic N) is 2. The van der Waals surface area contributed by atoms with Gasteiger partial charge in [0.05, 0.1) is 17.8 Å². The summed E-state index contributed by atoms with van der Waals surface area (Å²) < 4.78 is 26.2. The van der Waals surface area contributed by atoms with Crippen molar-refractivity contribution >= 4 is 5.71 Å². The molecule has 1 aliphatic rings. The second-order valence-corrected chi connectivity index (χ2v) is 5.59. The van der Waals surface area contributed by atoms with Gasteiger partial charge in [0.1, 0.15) is 11.6 Å². The van der Waals surface area contributed by atoms with Crippen molar-refractivity contribution in [1.29, 1.82) is 0 Å². The van der Waals surface area contributed by atoms with Gasteiger partial charge in [0.15, 0.2) is 0 Å². The van der Waals surface area contributed by atoms with Crippen molar-refractivity contribution in [3.63, 3.8) is 0 Å². The van der Waals surface area contributed by atoms with E-state index < -0.39 is 12.1 Å². The number of benzene rings is 2. The fraction of sp³-hybridized carbons (Fsp3) is 0.235. The van der Waals surface area contributed by atoms with Crippen LogP contribution in [0.25, 0.3) is 0 Å². The molecule has 1 saturated heterocycles. The van der Waals surface area contributed by atoms with E-state index in [1.165, 1.54) is 24.3 Å². The molecule has 0 aromatic heterocycles. The molecule has 23 heavy (non-hydrogen) atoms. The van der Waals surface area contributed by atoms with Crippen LogP contribution in [-0.4, -0.2) is 21.2 Å². The zero-order valence-corrected chi connectivity index (χ0v) is 12.2. The van der Waals surface area contributed by atoms with Crippen LogP contribution in [0.2, 0.25) is 0 Å². The summed E-state index contributed by atoms with van der Waals surface area (Å²) in [5.41, 5.74) is 1.95. The van der Waals surface area contributed by atoms with Crippen molar-refractivity contribution in [3.8, 4) is 0 Å². The molecule has 2 N–H and O–H groups in total. The van der Waals surface area contributed by atoms with Crippen molar-refractivity contribution in [2.45, 2.75) is 24.9 Å². The van der Waals surface area contributed by atoms with Gasteiger partial charge in [-0.2, -0.15) is 5.06 Å². The Morgan fingerprint density at radius 2 is 1.22 bits per heavy atom. The standard InChI is InChI=1S/C17H16F2N2O2/c18-13-5-1-11(2-6-13)16-9-15(20-22)10-17(21(16)23)12-3-7-14(19)8-4-12/h1-8,16-17,22-23H,9-10H2/t16-,17+. The number of hydrogen-bond acceptors (Lipinski definition) is 4. The molecule has 4 nitrogen and oxygen atoms in total. The highest BCUT2D eigenvalue weighted by Crippen LogP contribution is 2.39. The van der Waals surface area contributed by atoms with Gasteiger partial charge in [-0.15, -0.1) is 0 Å². The number of hydroxylamine groups is 2. The van der Waals surface area contributed by atoms with Gasteiger partial charge in [-0.05, 0) is 35.4 Å². The number of oxime groups is 1.